The van der Waals surface area contributed by atoms with Gasteiger partial charge in [0.05, 0.1) is 5.54 Å². The van der Waals surface area contributed by atoms with Crippen molar-refractivity contribution in [3.8, 4) is 0 Å². The lowest BCUT2D eigenvalue weighted by Crippen LogP contribution is -2.24. The summed E-state index contributed by atoms with van der Waals surface area (Å²) in [6.45, 7) is 6.89. The second-order valence-electron chi connectivity index (χ2n) is 4.41. The minimum Gasteiger partial charge on any atom is -0.330 e. The second kappa shape index (κ2) is 4.50. The summed E-state index contributed by atoms with van der Waals surface area (Å²) in [5.41, 5.74) is 5.32. The molecule has 0 aliphatic rings. The van der Waals surface area contributed by atoms with Crippen molar-refractivity contribution >= 4 is 0 Å². The van der Waals surface area contributed by atoms with E-state index in [0.29, 0.717) is 0 Å². The zero-order chi connectivity index (χ0) is 10.6. The highest BCUT2D eigenvalue weighted by Crippen LogP contribution is 2.09. The predicted molar refractivity (Wildman–Crippen MR) is 54.8 cm³/mol. The highest BCUT2D eigenvalue weighted by Gasteiger charge is 2.16. The standard InChI is InChI=1S/C9H19N5/c1-9(2,3)14-12-8(11-13-14)6-4-5-7-10/h4-7,10H2,1-3H3. The average Bonchev–Trinajstić information content (AvgIpc) is 2.52. The molecule has 1 aromatic heterocycles. The van der Waals surface area contributed by atoms with Gasteiger partial charge < -0.3 is 5.73 Å². The zero-order valence-electron chi connectivity index (χ0n) is 9.19. The molecule has 5 nitrogen and oxygen atoms in total. The van der Waals surface area contributed by atoms with Crippen molar-refractivity contribution in [2.45, 2.75) is 45.6 Å². The molecule has 0 saturated heterocycles. The maximum absolute atomic E-state index is 5.41. The van der Waals surface area contributed by atoms with Crippen LogP contribution in [0.5, 0.6) is 0 Å². The molecule has 0 radical (unpaired) electrons. The summed E-state index contributed by atoms with van der Waals surface area (Å²) >= 11 is 0. The first-order chi connectivity index (χ1) is 6.54. The molecule has 0 atom stereocenters. The van der Waals surface area contributed by atoms with E-state index < -0.39 is 0 Å². The fraction of sp³-hybridized carbons (Fsp3) is 0.889. The molecule has 1 rings (SSSR count). The van der Waals surface area contributed by atoms with Gasteiger partial charge in [-0.2, -0.15) is 4.80 Å². The zero-order valence-corrected chi connectivity index (χ0v) is 9.19. The Labute approximate surface area is 84.7 Å². The van der Waals surface area contributed by atoms with E-state index in [0.717, 1.165) is 31.6 Å². The van der Waals surface area contributed by atoms with Gasteiger partial charge in [-0.3, -0.25) is 0 Å². The van der Waals surface area contributed by atoms with Gasteiger partial charge in [0, 0.05) is 6.42 Å². The fourth-order valence-electron chi connectivity index (χ4n) is 1.05. The van der Waals surface area contributed by atoms with Gasteiger partial charge in [-0.15, -0.1) is 10.2 Å². The topological polar surface area (TPSA) is 69.6 Å². The molecule has 14 heavy (non-hydrogen) atoms. The monoisotopic (exact) mass is 197 g/mol. The van der Waals surface area contributed by atoms with Gasteiger partial charge in [-0.05, 0) is 45.4 Å². The van der Waals surface area contributed by atoms with Crippen molar-refractivity contribution in [1.29, 1.82) is 0 Å². The molecular formula is C9H19N5. The third-order valence-electron chi connectivity index (χ3n) is 1.91. The van der Waals surface area contributed by atoms with Crippen LogP contribution in [0.15, 0.2) is 0 Å². The van der Waals surface area contributed by atoms with Gasteiger partial charge in [-0.1, -0.05) is 0 Å². The Balaban J connectivity index is 2.51. The van der Waals surface area contributed by atoms with Crippen LogP contribution in [0.2, 0.25) is 0 Å². The molecule has 0 aliphatic heterocycles. The molecule has 1 heterocycles. The largest absolute Gasteiger partial charge is 0.330 e. The van der Waals surface area contributed by atoms with E-state index in [9.17, 15) is 0 Å². The van der Waals surface area contributed by atoms with Crippen molar-refractivity contribution in [1.82, 2.24) is 20.2 Å². The second-order valence-corrected chi connectivity index (χ2v) is 4.41. The van der Waals surface area contributed by atoms with E-state index in [1.807, 2.05) is 0 Å². The molecule has 2 N–H and O–H groups in total. The first-order valence-electron chi connectivity index (χ1n) is 5.03. The Morgan fingerprint density at radius 2 is 2.00 bits per heavy atom. The van der Waals surface area contributed by atoms with Crippen molar-refractivity contribution in [2.24, 2.45) is 5.73 Å². The maximum Gasteiger partial charge on any atom is 0.174 e. The van der Waals surface area contributed by atoms with Crippen LogP contribution in [0.25, 0.3) is 0 Å². The van der Waals surface area contributed by atoms with Crippen molar-refractivity contribution in [2.75, 3.05) is 6.54 Å². The third kappa shape index (κ3) is 3.06. The third-order valence-corrected chi connectivity index (χ3v) is 1.91. The molecule has 1 aromatic rings. The lowest BCUT2D eigenvalue weighted by molar-refractivity contribution is 0.305. The van der Waals surface area contributed by atoms with E-state index in [4.69, 9.17) is 5.73 Å². The number of rotatable bonds is 4. The molecule has 0 saturated carbocycles. The van der Waals surface area contributed by atoms with Gasteiger partial charge in [0.1, 0.15) is 0 Å². The van der Waals surface area contributed by atoms with Gasteiger partial charge in [-0.25, -0.2) is 0 Å². The van der Waals surface area contributed by atoms with E-state index in [1.54, 1.807) is 4.80 Å². The SMILES string of the molecule is CC(C)(C)n1nnc(CCCCN)n1. The number of hydrogen-bond acceptors (Lipinski definition) is 4. The van der Waals surface area contributed by atoms with Crippen molar-refractivity contribution < 1.29 is 0 Å². The first kappa shape index (κ1) is 11.1. The molecular weight excluding hydrogens is 178 g/mol. The van der Waals surface area contributed by atoms with E-state index >= 15 is 0 Å². The van der Waals surface area contributed by atoms with Crippen LogP contribution < -0.4 is 5.73 Å². The molecule has 0 unspecified atom stereocenters. The van der Waals surface area contributed by atoms with Crippen LogP contribution in [0.3, 0.4) is 0 Å². The van der Waals surface area contributed by atoms with E-state index in [-0.39, 0.29) is 5.54 Å². The highest BCUT2D eigenvalue weighted by atomic mass is 15.6. The summed E-state index contributed by atoms with van der Waals surface area (Å²) < 4.78 is 0. The molecule has 0 bridgehead atoms. The quantitative estimate of drug-likeness (QED) is 0.722. The summed E-state index contributed by atoms with van der Waals surface area (Å²) in [6, 6.07) is 0. The summed E-state index contributed by atoms with van der Waals surface area (Å²) in [7, 11) is 0. The lowest BCUT2D eigenvalue weighted by Gasteiger charge is -2.15. The summed E-state index contributed by atoms with van der Waals surface area (Å²) in [6.07, 6.45) is 2.92. The minimum absolute atomic E-state index is 0.0842. The normalized spacial score (nSPS) is 12.0. The van der Waals surface area contributed by atoms with Crippen LogP contribution in [0.4, 0.5) is 0 Å². The van der Waals surface area contributed by atoms with Crippen LogP contribution in [0, 0.1) is 0 Å². The van der Waals surface area contributed by atoms with Gasteiger partial charge in [0.2, 0.25) is 0 Å². The van der Waals surface area contributed by atoms with Crippen LogP contribution in [0.1, 0.15) is 39.4 Å². The van der Waals surface area contributed by atoms with E-state index in [2.05, 4.69) is 36.2 Å². The Bertz CT molecular complexity index is 273. The average molecular weight is 197 g/mol. The van der Waals surface area contributed by atoms with Crippen LogP contribution in [-0.4, -0.2) is 26.8 Å². The number of nitrogens with zero attached hydrogens (tertiary/aromatic N) is 4. The number of unbranched alkanes of at least 4 members (excludes halogenated alkanes) is 1. The molecule has 0 amide bonds. The molecule has 0 spiro atoms. The number of aryl methyl sites for hydroxylation is 1. The number of aromatic nitrogens is 4. The van der Waals surface area contributed by atoms with E-state index in [1.165, 1.54) is 0 Å². The van der Waals surface area contributed by atoms with Crippen molar-refractivity contribution in [3.05, 3.63) is 5.82 Å². The molecule has 0 fully saturated rings. The maximum atomic E-state index is 5.41. The van der Waals surface area contributed by atoms with Crippen LogP contribution in [-0.2, 0) is 12.0 Å². The Hall–Kier alpha value is -0.970. The van der Waals surface area contributed by atoms with Gasteiger partial charge in [0.25, 0.3) is 0 Å². The predicted octanol–water partition coefficient (Wildman–Crippen LogP) is 0.709. The number of hydrogen-bond donors (Lipinski definition) is 1. The first-order valence-corrected chi connectivity index (χ1v) is 5.03. The summed E-state index contributed by atoms with van der Waals surface area (Å²) in [4.78, 5) is 1.66. The van der Waals surface area contributed by atoms with Crippen LogP contribution >= 0.6 is 0 Å². The summed E-state index contributed by atoms with van der Waals surface area (Å²) in [5.74, 6) is 0.813. The Morgan fingerprint density at radius 1 is 1.29 bits per heavy atom. The lowest BCUT2D eigenvalue weighted by atomic mass is 10.1. The smallest absolute Gasteiger partial charge is 0.174 e. The molecule has 5 heteroatoms. The minimum atomic E-state index is -0.0842. The molecule has 80 valence electrons. The summed E-state index contributed by atoms with van der Waals surface area (Å²) in [5, 5.41) is 12.3. The fourth-order valence-corrected chi connectivity index (χ4v) is 1.05. The number of tetrazole rings is 1. The molecule has 0 aromatic carbocycles. The molecule has 0 aliphatic carbocycles. The Kier molecular flexibility index (Phi) is 3.57. The highest BCUT2D eigenvalue weighted by molar-refractivity contribution is 4.79. The van der Waals surface area contributed by atoms with Crippen molar-refractivity contribution in [3.63, 3.8) is 0 Å². The Morgan fingerprint density at radius 3 is 2.50 bits per heavy atom. The number of nitrogens with two attached hydrogens (primary N) is 1. The van der Waals surface area contributed by atoms with Gasteiger partial charge >= 0.3 is 0 Å². The van der Waals surface area contributed by atoms with Gasteiger partial charge in [0.15, 0.2) is 5.82 Å².